The fraction of sp³-hybridized carbons (Fsp3) is 0.733. The van der Waals surface area contributed by atoms with Crippen LogP contribution in [0.15, 0.2) is 16.7 Å². The maximum absolute atomic E-state index is 5.68. The first-order chi connectivity index (χ1) is 9.19. The van der Waals surface area contributed by atoms with Crippen LogP contribution in [0.2, 0.25) is 0 Å². The SMILES string of the molecule is CCCNCc1ccoc1CN1CC(C)SC(C)C1. The third-order valence-electron chi connectivity index (χ3n) is 3.44. The molecule has 1 N–H and O–H groups in total. The molecule has 2 heterocycles. The molecule has 0 saturated carbocycles. The van der Waals surface area contributed by atoms with Gasteiger partial charge in [0.1, 0.15) is 5.76 Å². The molecular weight excluding hydrogens is 256 g/mol. The monoisotopic (exact) mass is 282 g/mol. The van der Waals surface area contributed by atoms with Gasteiger partial charge in [0.05, 0.1) is 12.8 Å². The van der Waals surface area contributed by atoms with Crippen molar-refractivity contribution in [3.05, 3.63) is 23.7 Å². The minimum absolute atomic E-state index is 0.723. The lowest BCUT2D eigenvalue weighted by Gasteiger charge is -2.34. The molecule has 2 rings (SSSR count). The highest BCUT2D eigenvalue weighted by molar-refractivity contribution is 8.00. The first-order valence-electron chi connectivity index (χ1n) is 7.32. The van der Waals surface area contributed by atoms with Gasteiger partial charge in [-0.25, -0.2) is 0 Å². The first kappa shape index (κ1) is 14.9. The van der Waals surface area contributed by atoms with Crippen LogP contribution in [0.1, 0.15) is 38.5 Å². The minimum atomic E-state index is 0.723. The van der Waals surface area contributed by atoms with Crippen molar-refractivity contribution in [2.75, 3.05) is 19.6 Å². The summed E-state index contributed by atoms with van der Waals surface area (Å²) in [4.78, 5) is 2.52. The van der Waals surface area contributed by atoms with E-state index in [0.717, 1.165) is 49.0 Å². The fourth-order valence-corrected chi connectivity index (χ4v) is 4.07. The van der Waals surface area contributed by atoms with Gasteiger partial charge in [-0.1, -0.05) is 20.8 Å². The van der Waals surface area contributed by atoms with Gasteiger partial charge in [0.25, 0.3) is 0 Å². The van der Waals surface area contributed by atoms with Gasteiger partial charge in [-0.05, 0) is 19.0 Å². The highest BCUT2D eigenvalue weighted by Gasteiger charge is 2.23. The predicted octanol–water partition coefficient (Wildman–Crippen LogP) is 3.11. The molecule has 0 amide bonds. The molecular formula is C15H26N2OS. The molecule has 0 aliphatic carbocycles. The summed E-state index contributed by atoms with van der Waals surface area (Å²) < 4.78 is 5.68. The second-order valence-corrected chi connectivity index (χ2v) is 7.38. The molecule has 2 atom stereocenters. The molecule has 0 spiro atoms. The van der Waals surface area contributed by atoms with Crippen LogP contribution in [0.4, 0.5) is 0 Å². The fourth-order valence-electron chi connectivity index (χ4n) is 2.68. The van der Waals surface area contributed by atoms with Crippen LogP contribution in [0.3, 0.4) is 0 Å². The van der Waals surface area contributed by atoms with E-state index < -0.39 is 0 Å². The van der Waals surface area contributed by atoms with E-state index in [9.17, 15) is 0 Å². The van der Waals surface area contributed by atoms with E-state index in [1.807, 2.05) is 6.26 Å². The molecule has 1 aliphatic rings. The standard InChI is InChI=1S/C15H26N2OS/c1-4-6-16-8-14-5-7-18-15(14)11-17-9-12(2)19-13(3)10-17/h5,7,12-13,16H,4,6,8-11H2,1-3H3. The largest absolute Gasteiger partial charge is 0.468 e. The predicted molar refractivity (Wildman–Crippen MR) is 82.5 cm³/mol. The summed E-state index contributed by atoms with van der Waals surface area (Å²) in [6.45, 7) is 12.1. The number of rotatable bonds is 6. The van der Waals surface area contributed by atoms with Crippen LogP contribution in [0.25, 0.3) is 0 Å². The lowest BCUT2D eigenvalue weighted by molar-refractivity contribution is 0.240. The first-order valence-corrected chi connectivity index (χ1v) is 8.27. The molecule has 0 bridgehead atoms. The van der Waals surface area contributed by atoms with Gasteiger partial charge in [-0.2, -0.15) is 11.8 Å². The van der Waals surface area contributed by atoms with Gasteiger partial charge >= 0.3 is 0 Å². The number of hydrogen-bond acceptors (Lipinski definition) is 4. The number of nitrogens with one attached hydrogen (secondary N) is 1. The summed E-state index contributed by atoms with van der Waals surface area (Å²) in [5, 5.41) is 4.90. The van der Waals surface area contributed by atoms with E-state index in [4.69, 9.17) is 4.42 Å². The van der Waals surface area contributed by atoms with Crippen molar-refractivity contribution >= 4 is 11.8 Å². The van der Waals surface area contributed by atoms with E-state index in [1.54, 1.807) is 0 Å². The Hall–Kier alpha value is -0.450. The molecule has 1 aliphatic heterocycles. The molecule has 0 radical (unpaired) electrons. The van der Waals surface area contributed by atoms with E-state index in [-0.39, 0.29) is 0 Å². The van der Waals surface area contributed by atoms with Crippen LogP contribution in [-0.2, 0) is 13.1 Å². The van der Waals surface area contributed by atoms with Crippen LogP contribution in [0.5, 0.6) is 0 Å². The molecule has 108 valence electrons. The molecule has 19 heavy (non-hydrogen) atoms. The van der Waals surface area contributed by atoms with Gasteiger partial charge in [-0.3, -0.25) is 4.90 Å². The smallest absolute Gasteiger partial charge is 0.122 e. The van der Waals surface area contributed by atoms with E-state index in [2.05, 4.69) is 48.8 Å². The number of nitrogens with zero attached hydrogens (tertiary/aromatic N) is 1. The van der Waals surface area contributed by atoms with Crippen LogP contribution >= 0.6 is 11.8 Å². The van der Waals surface area contributed by atoms with Crippen molar-refractivity contribution in [3.8, 4) is 0 Å². The molecule has 1 saturated heterocycles. The Morgan fingerprint density at radius 1 is 1.37 bits per heavy atom. The van der Waals surface area contributed by atoms with E-state index >= 15 is 0 Å². The molecule has 1 fully saturated rings. The summed E-state index contributed by atoms with van der Waals surface area (Å²) in [5.41, 5.74) is 1.31. The van der Waals surface area contributed by atoms with Crippen molar-refractivity contribution in [1.82, 2.24) is 10.2 Å². The number of furan rings is 1. The topological polar surface area (TPSA) is 28.4 Å². The quantitative estimate of drug-likeness (QED) is 0.812. The Balaban J connectivity index is 1.89. The molecule has 2 unspecified atom stereocenters. The third-order valence-corrected chi connectivity index (χ3v) is 4.67. The van der Waals surface area contributed by atoms with Crippen molar-refractivity contribution in [2.45, 2.75) is 50.8 Å². The van der Waals surface area contributed by atoms with Gasteiger partial charge in [0.2, 0.25) is 0 Å². The second-order valence-electron chi connectivity index (χ2n) is 5.50. The summed E-state index contributed by atoms with van der Waals surface area (Å²) in [5.74, 6) is 1.13. The van der Waals surface area contributed by atoms with Crippen molar-refractivity contribution in [1.29, 1.82) is 0 Å². The van der Waals surface area contributed by atoms with Gasteiger partial charge in [0, 0.05) is 35.7 Å². The highest BCUT2D eigenvalue weighted by Crippen LogP contribution is 2.26. The van der Waals surface area contributed by atoms with Crippen molar-refractivity contribution in [2.24, 2.45) is 0 Å². The lowest BCUT2D eigenvalue weighted by Crippen LogP contribution is -2.39. The summed E-state index contributed by atoms with van der Waals surface area (Å²) in [6, 6.07) is 2.10. The zero-order chi connectivity index (χ0) is 13.7. The zero-order valence-electron chi connectivity index (χ0n) is 12.3. The summed E-state index contributed by atoms with van der Waals surface area (Å²) in [7, 11) is 0. The highest BCUT2D eigenvalue weighted by atomic mass is 32.2. The van der Waals surface area contributed by atoms with Crippen LogP contribution in [-0.4, -0.2) is 35.0 Å². The average Bonchev–Trinajstić information content (AvgIpc) is 2.76. The second kappa shape index (κ2) is 7.36. The Morgan fingerprint density at radius 3 is 2.79 bits per heavy atom. The lowest BCUT2D eigenvalue weighted by atomic mass is 10.2. The summed E-state index contributed by atoms with van der Waals surface area (Å²) in [6.07, 6.45) is 3.00. The normalized spacial score (nSPS) is 24.8. The Bertz CT molecular complexity index is 370. The van der Waals surface area contributed by atoms with E-state index in [0.29, 0.717) is 0 Å². The van der Waals surface area contributed by atoms with Crippen LogP contribution < -0.4 is 5.32 Å². The van der Waals surface area contributed by atoms with Gasteiger partial charge < -0.3 is 9.73 Å². The minimum Gasteiger partial charge on any atom is -0.468 e. The maximum Gasteiger partial charge on any atom is 0.122 e. The molecule has 3 nitrogen and oxygen atoms in total. The van der Waals surface area contributed by atoms with E-state index in [1.165, 1.54) is 12.0 Å². The van der Waals surface area contributed by atoms with Crippen molar-refractivity contribution < 1.29 is 4.42 Å². The Labute approximate surface area is 121 Å². The zero-order valence-corrected chi connectivity index (χ0v) is 13.1. The third kappa shape index (κ3) is 4.55. The number of thioether (sulfide) groups is 1. The maximum atomic E-state index is 5.68. The number of hydrogen-bond donors (Lipinski definition) is 1. The van der Waals surface area contributed by atoms with Gasteiger partial charge in [0.15, 0.2) is 0 Å². The van der Waals surface area contributed by atoms with Crippen LogP contribution in [0, 0.1) is 0 Å². The average molecular weight is 282 g/mol. The summed E-state index contributed by atoms with van der Waals surface area (Å²) >= 11 is 2.09. The molecule has 1 aromatic rings. The van der Waals surface area contributed by atoms with Crippen molar-refractivity contribution in [3.63, 3.8) is 0 Å². The molecule has 1 aromatic heterocycles. The molecule has 4 heteroatoms. The Morgan fingerprint density at radius 2 is 2.11 bits per heavy atom. The molecule has 0 aromatic carbocycles. The van der Waals surface area contributed by atoms with Gasteiger partial charge in [-0.15, -0.1) is 0 Å². The Kier molecular flexibility index (Phi) is 5.79.